The standard InChI is InChI=1S/C15H13ClN6OS/c16-11-5-6-12(10-2-1-7-17-14(10)11)18-13(23)8-24-15-19-20-21-22(15)9-3-4-9/h1-2,5-7,9H,3-4,8H2,(H,18,23). The van der Waals surface area contributed by atoms with Crippen molar-refractivity contribution < 1.29 is 4.79 Å². The van der Waals surface area contributed by atoms with Crippen LogP contribution in [0.4, 0.5) is 5.69 Å². The summed E-state index contributed by atoms with van der Waals surface area (Å²) in [6.07, 6.45) is 3.86. The Morgan fingerprint density at radius 2 is 2.25 bits per heavy atom. The number of nitrogens with one attached hydrogen (secondary N) is 1. The second-order valence-electron chi connectivity index (χ2n) is 5.47. The first-order valence-electron chi connectivity index (χ1n) is 7.46. The topological polar surface area (TPSA) is 85.6 Å². The fourth-order valence-corrected chi connectivity index (χ4v) is 3.35. The number of benzene rings is 1. The monoisotopic (exact) mass is 360 g/mol. The molecule has 1 amide bonds. The number of pyridine rings is 1. The lowest BCUT2D eigenvalue weighted by molar-refractivity contribution is -0.113. The molecule has 7 nitrogen and oxygen atoms in total. The van der Waals surface area contributed by atoms with Crippen LogP contribution in [-0.4, -0.2) is 36.9 Å². The summed E-state index contributed by atoms with van der Waals surface area (Å²) in [5.74, 6) is 0.107. The fourth-order valence-electron chi connectivity index (χ4n) is 2.39. The molecule has 2 heterocycles. The first-order chi connectivity index (χ1) is 11.7. The predicted molar refractivity (Wildman–Crippen MR) is 92.2 cm³/mol. The Labute approximate surface area is 146 Å². The molecular formula is C15H13ClN6OS. The van der Waals surface area contributed by atoms with Crippen molar-refractivity contribution >= 4 is 45.9 Å². The lowest BCUT2D eigenvalue weighted by atomic mass is 10.2. The van der Waals surface area contributed by atoms with E-state index in [1.54, 1.807) is 23.0 Å². The summed E-state index contributed by atoms with van der Waals surface area (Å²) in [6.45, 7) is 0. The lowest BCUT2D eigenvalue weighted by Crippen LogP contribution is -2.15. The third-order valence-corrected chi connectivity index (χ3v) is 4.92. The highest BCUT2D eigenvalue weighted by Gasteiger charge is 2.28. The largest absolute Gasteiger partial charge is 0.325 e. The van der Waals surface area contributed by atoms with Crippen LogP contribution in [0, 0.1) is 0 Å². The number of hydrogen-bond acceptors (Lipinski definition) is 6. The Bertz CT molecular complexity index is 910. The zero-order chi connectivity index (χ0) is 16.5. The van der Waals surface area contributed by atoms with E-state index in [9.17, 15) is 4.79 Å². The van der Waals surface area contributed by atoms with Gasteiger partial charge in [0.15, 0.2) is 0 Å². The van der Waals surface area contributed by atoms with Crippen molar-refractivity contribution in [3.8, 4) is 0 Å². The SMILES string of the molecule is O=C(CSc1nnnn1C1CC1)Nc1ccc(Cl)c2ncccc12. The maximum atomic E-state index is 12.3. The van der Waals surface area contributed by atoms with Gasteiger partial charge in [-0.1, -0.05) is 23.4 Å². The van der Waals surface area contributed by atoms with Gasteiger partial charge in [0.1, 0.15) is 0 Å². The molecule has 2 aromatic heterocycles. The predicted octanol–water partition coefficient (Wildman–Crippen LogP) is 2.94. The number of aromatic nitrogens is 5. The Morgan fingerprint density at radius 3 is 3.08 bits per heavy atom. The number of rotatable bonds is 5. The Morgan fingerprint density at radius 1 is 1.38 bits per heavy atom. The van der Waals surface area contributed by atoms with Gasteiger partial charge in [-0.05, 0) is 47.5 Å². The molecule has 24 heavy (non-hydrogen) atoms. The first-order valence-corrected chi connectivity index (χ1v) is 8.82. The highest BCUT2D eigenvalue weighted by Crippen LogP contribution is 2.36. The molecule has 1 N–H and O–H groups in total. The summed E-state index contributed by atoms with van der Waals surface area (Å²) < 4.78 is 1.79. The van der Waals surface area contributed by atoms with E-state index < -0.39 is 0 Å². The molecule has 0 unspecified atom stereocenters. The van der Waals surface area contributed by atoms with E-state index in [1.165, 1.54) is 11.8 Å². The average molecular weight is 361 g/mol. The van der Waals surface area contributed by atoms with Gasteiger partial charge in [-0.15, -0.1) is 5.10 Å². The van der Waals surface area contributed by atoms with Crippen LogP contribution in [-0.2, 0) is 4.79 Å². The molecule has 1 saturated carbocycles. The third-order valence-electron chi connectivity index (χ3n) is 3.68. The number of carbonyl (C=O) groups is 1. The van der Waals surface area contributed by atoms with Crippen molar-refractivity contribution in [1.82, 2.24) is 25.2 Å². The normalized spacial score (nSPS) is 14.0. The van der Waals surface area contributed by atoms with E-state index in [1.807, 2.05) is 12.1 Å². The van der Waals surface area contributed by atoms with Crippen LogP contribution in [0.25, 0.3) is 10.9 Å². The van der Waals surface area contributed by atoms with Crippen molar-refractivity contribution in [3.63, 3.8) is 0 Å². The second-order valence-corrected chi connectivity index (χ2v) is 6.82. The molecule has 0 saturated heterocycles. The summed E-state index contributed by atoms with van der Waals surface area (Å²) >= 11 is 7.47. The van der Waals surface area contributed by atoms with Gasteiger partial charge in [-0.25, -0.2) is 4.68 Å². The quantitative estimate of drug-likeness (QED) is 0.704. The smallest absolute Gasteiger partial charge is 0.234 e. The summed E-state index contributed by atoms with van der Waals surface area (Å²) in [4.78, 5) is 16.5. The number of anilines is 1. The van der Waals surface area contributed by atoms with E-state index in [4.69, 9.17) is 11.6 Å². The maximum absolute atomic E-state index is 12.3. The van der Waals surface area contributed by atoms with Crippen LogP contribution >= 0.6 is 23.4 Å². The Kier molecular flexibility index (Phi) is 4.07. The minimum absolute atomic E-state index is 0.127. The zero-order valence-electron chi connectivity index (χ0n) is 12.5. The Balaban J connectivity index is 1.46. The minimum atomic E-state index is -0.127. The summed E-state index contributed by atoms with van der Waals surface area (Å²) in [5.41, 5.74) is 1.36. The van der Waals surface area contributed by atoms with Crippen LogP contribution in [0.1, 0.15) is 18.9 Å². The van der Waals surface area contributed by atoms with Crippen molar-refractivity contribution in [3.05, 3.63) is 35.5 Å². The van der Waals surface area contributed by atoms with Gasteiger partial charge >= 0.3 is 0 Å². The van der Waals surface area contributed by atoms with Crippen LogP contribution in [0.15, 0.2) is 35.6 Å². The van der Waals surface area contributed by atoms with Gasteiger partial charge < -0.3 is 5.32 Å². The zero-order valence-corrected chi connectivity index (χ0v) is 14.1. The number of tetrazole rings is 1. The molecule has 9 heteroatoms. The van der Waals surface area contributed by atoms with Crippen molar-refractivity contribution in [2.24, 2.45) is 0 Å². The minimum Gasteiger partial charge on any atom is -0.325 e. The maximum Gasteiger partial charge on any atom is 0.234 e. The number of halogens is 1. The van der Waals surface area contributed by atoms with Crippen LogP contribution in [0.5, 0.6) is 0 Å². The molecule has 3 aromatic rings. The molecule has 0 aliphatic heterocycles. The van der Waals surface area contributed by atoms with E-state index >= 15 is 0 Å². The molecule has 4 rings (SSSR count). The van der Waals surface area contributed by atoms with E-state index in [0.29, 0.717) is 27.4 Å². The number of nitrogens with zero attached hydrogens (tertiary/aromatic N) is 5. The van der Waals surface area contributed by atoms with Gasteiger partial charge in [0.05, 0.1) is 28.0 Å². The fraction of sp³-hybridized carbons (Fsp3) is 0.267. The van der Waals surface area contributed by atoms with E-state index in [0.717, 1.165) is 18.2 Å². The highest BCUT2D eigenvalue weighted by atomic mass is 35.5. The molecule has 0 spiro atoms. The number of fused-ring (bicyclic) bond motifs is 1. The van der Waals surface area contributed by atoms with Crippen molar-refractivity contribution in [1.29, 1.82) is 0 Å². The van der Waals surface area contributed by atoms with E-state index in [2.05, 4.69) is 25.8 Å². The second kappa shape index (κ2) is 6.37. The molecule has 0 radical (unpaired) electrons. The number of thioether (sulfide) groups is 1. The molecular weight excluding hydrogens is 348 g/mol. The molecule has 0 atom stereocenters. The molecule has 1 aliphatic carbocycles. The molecule has 0 bridgehead atoms. The van der Waals surface area contributed by atoms with Gasteiger partial charge in [0.25, 0.3) is 0 Å². The molecule has 1 aliphatic rings. The molecule has 1 fully saturated rings. The number of carbonyl (C=O) groups excluding carboxylic acids is 1. The highest BCUT2D eigenvalue weighted by molar-refractivity contribution is 7.99. The lowest BCUT2D eigenvalue weighted by Gasteiger charge is -2.09. The molecule has 122 valence electrons. The van der Waals surface area contributed by atoms with Gasteiger partial charge in [-0.2, -0.15) is 0 Å². The summed E-state index contributed by atoms with van der Waals surface area (Å²) in [7, 11) is 0. The Hall–Kier alpha value is -2.19. The van der Waals surface area contributed by atoms with Crippen molar-refractivity contribution in [2.75, 3.05) is 11.1 Å². The molecule has 1 aromatic carbocycles. The average Bonchev–Trinajstić information content (AvgIpc) is 3.34. The van der Waals surface area contributed by atoms with Gasteiger partial charge in [0.2, 0.25) is 11.1 Å². The van der Waals surface area contributed by atoms with Gasteiger partial charge in [-0.3, -0.25) is 9.78 Å². The summed E-state index contributed by atoms with van der Waals surface area (Å²) in [6, 6.07) is 7.59. The third kappa shape index (κ3) is 3.07. The van der Waals surface area contributed by atoms with Crippen molar-refractivity contribution in [2.45, 2.75) is 24.0 Å². The number of amides is 1. The van der Waals surface area contributed by atoms with Gasteiger partial charge in [0, 0.05) is 11.6 Å². The first kappa shape index (κ1) is 15.3. The van der Waals surface area contributed by atoms with Crippen LogP contribution < -0.4 is 5.32 Å². The number of hydrogen-bond donors (Lipinski definition) is 1. The van der Waals surface area contributed by atoms with Crippen LogP contribution in [0.3, 0.4) is 0 Å². The van der Waals surface area contributed by atoms with Crippen LogP contribution in [0.2, 0.25) is 5.02 Å². The summed E-state index contributed by atoms with van der Waals surface area (Å²) in [5, 5.41) is 16.6. The van der Waals surface area contributed by atoms with E-state index in [-0.39, 0.29) is 11.7 Å².